The molecule has 1 rings (SSSR count). The average molecular weight is 352 g/mol. The minimum absolute atomic E-state index is 0.00576. The number of hydrogen-bond donors (Lipinski definition) is 1. The van der Waals surface area contributed by atoms with Gasteiger partial charge in [-0.2, -0.15) is 0 Å². The van der Waals surface area contributed by atoms with Gasteiger partial charge >= 0.3 is 5.97 Å². The lowest BCUT2D eigenvalue weighted by atomic mass is 10.1. The lowest BCUT2D eigenvalue weighted by molar-refractivity contribution is 0.0697. The predicted octanol–water partition coefficient (Wildman–Crippen LogP) is 1.94. The number of carbonyl (C=O) groups is 1. The van der Waals surface area contributed by atoms with Crippen molar-refractivity contribution >= 4 is 37.6 Å². The summed E-state index contributed by atoms with van der Waals surface area (Å²) >= 11 is 3.23. The number of benzene rings is 1. The van der Waals surface area contributed by atoms with Gasteiger partial charge in [0.25, 0.3) is 0 Å². The number of nitrogens with zero attached hydrogens (tertiary/aromatic N) is 1. The number of halogens is 1. The van der Waals surface area contributed by atoms with Gasteiger partial charge in [-0.3, -0.25) is 4.31 Å². The first-order valence-electron chi connectivity index (χ1n) is 5.32. The first kappa shape index (κ1) is 15.8. The zero-order valence-electron chi connectivity index (χ0n) is 10.7. The van der Waals surface area contributed by atoms with Gasteiger partial charge in [-0.05, 0) is 35.0 Å². The van der Waals surface area contributed by atoms with E-state index in [1.165, 1.54) is 19.2 Å². The van der Waals surface area contributed by atoms with Crippen molar-refractivity contribution in [2.75, 3.05) is 24.2 Å². The van der Waals surface area contributed by atoms with Gasteiger partial charge in [-0.25, -0.2) is 13.2 Å². The third-order valence-electron chi connectivity index (χ3n) is 2.41. The molecule has 106 valence electrons. The summed E-state index contributed by atoms with van der Waals surface area (Å²) in [5.41, 5.74) is -0.134. The molecule has 0 spiro atoms. The molecule has 0 heterocycles. The molecule has 1 aromatic carbocycles. The molecule has 0 aliphatic heterocycles. The molecule has 0 fully saturated rings. The van der Waals surface area contributed by atoms with E-state index in [-0.39, 0.29) is 23.6 Å². The second kappa shape index (κ2) is 5.79. The molecule has 0 bridgehead atoms. The maximum absolute atomic E-state index is 11.6. The minimum Gasteiger partial charge on any atom is -0.490 e. The van der Waals surface area contributed by atoms with Crippen molar-refractivity contribution < 1.29 is 23.1 Å². The van der Waals surface area contributed by atoms with Gasteiger partial charge in [-0.15, -0.1) is 0 Å². The van der Waals surface area contributed by atoms with E-state index in [1.807, 2.05) is 0 Å². The van der Waals surface area contributed by atoms with Gasteiger partial charge in [0.2, 0.25) is 10.0 Å². The fourth-order valence-corrected chi connectivity index (χ4v) is 2.43. The molecule has 0 aliphatic rings. The van der Waals surface area contributed by atoms with Crippen LogP contribution in [0.5, 0.6) is 5.75 Å². The van der Waals surface area contributed by atoms with E-state index in [2.05, 4.69) is 15.9 Å². The molecule has 0 unspecified atom stereocenters. The number of aromatic carboxylic acids is 1. The van der Waals surface area contributed by atoms with Gasteiger partial charge in [0.05, 0.1) is 22.9 Å². The summed E-state index contributed by atoms with van der Waals surface area (Å²) < 4.78 is 30.0. The lowest BCUT2D eigenvalue weighted by Gasteiger charge is -2.22. The normalized spacial score (nSPS) is 11.2. The summed E-state index contributed by atoms with van der Waals surface area (Å²) in [5, 5.41) is 9.17. The molecular weight excluding hydrogens is 338 g/mol. The fourth-order valence-electron chi connectivity index (χ4n) is 1.48. The molecule has 6 nitrogen and oxygen atoms in total. The second-order valence-corrected chi connectivity index (χ2v) is 6.61. The van der Waals surface area contributed by atoms with Crippen LogP contribution in [-0.2, 0) is 10.0 Å². The summed E-state index contributed by atoms with van der Waals surface area (Å²) in [4.78, 5) is 11.2. The molecule has 0 amide bonds. The summed E-state index contributed by atoms with van der Waals surface area (Å²) in [6, 6.07) is 2.83. The Morgan fingerprint density at radius 1 is 1.47 bits per heavy atom. The van der Waals surface area contributed by atoms with Gasteiger partial charge in [0.15, 0.2) is 5.75 Å². The number of anilines is 1. The van der Waals surface area contributed by atoms with Crippen LogP contribution in [0.4, 0.5) is 5.69 Å². The molecule has 0 radical (unpaired) electrons. The van der Waals surface area contributed by atoms with Crippen molar-refractivity contribution in [3.05, 3.63) is 22.2 Å². The zero-order valence-corrected chi connectivity index (χ0v) is 13.1. The Morgan fingerprint density at radius 2 is 2.05 bits per heavy atom. The quantitative estimate of drug-likeness (QED) is 0.876. The highest BCUT2D eigenvalue weighted by Gasteiger charge is 2.25. The largest absolute Gasteiger partial charge is 0.490 e. The molecule has 8 heteroatoms. The predicted molar refractivity (Wildman–Crippen MR) is 75.5 cm³/mol. The monoisotopic (exact) mass is 351 g/mol. The summed E-state index contributed by atoms with van der Waals surface area (Å²) in [6.45, 7) is 2.01. The maximum atomic E-state index is 11.6. The van der Waals surface area contributed by atoms with E-state index in [9.17, 15) is 18.3 Å². The Kier molecular flexibility index (Phi) is 4.81. The number of hydrogen-bond acceptors (Lipinski definition) is 4. The van der Waals surface area contributed by atoms with Gasteiger partial charge in [0.1, 0.15) is 5.69 Å². The third kappa shape index (κ3) is 3.38. The number of ether oxygens (including phenoxy) is 1. The first-order valence-corrected chi connectivity index (χ1v) is 7.96. The van der Waals surface area contributed by atoms with Crippen LogP contribution in [-0.4, -0.2) is 39.4 Å². The van der Waals surface area contributed by atoms with E-state index in [4.69, 9.17) is 4.74 Å². The van der Waals surface area contributed by atoms with Crippen LogP contribution >= 0.6 is 15.9 Å². The van der Waals surface area contributed by atoms with Crippen LogP contribution in [0.3, 0.4) is 0 Å². The zero-order chi connectivity index (χ0) is 14.8. The molecule has 0 saturated carbocycles. The number of rotatable bonds is 5. The Labute approximate surface area is 120 Å². The lowest BCUT2D eigenvalue weighted by Crippen LogP contribution is -2.27. The summed E-state index contributed by atoms with van der Waals surface area (Å²) in [5.74, 6) is -1.03. The first-order chi connectivity index (χ1) is 8.70. The molecule has 0 atom stereocenters. The van der Waals surface area contributed by atoms with E-state index >= 15 is 0 Å². The Balaban J connectivity index is 3.63. The van der Waals surface area contributed by atoms with Crippen molar-refractivity contribution in [2.24, 2.45) is 0 Å². The van der Waals surface area contributed by atoms with Crippen LogP contribution in [0, 0.1) is 0 Å². The van der Waals surface area contributed by atoms with Gasteiger partial charge in [-0.1, -0.05) is 0 Å². The van der Waals surface area contributed by atoms with E-state index in [0.717, 1.165) is 10.6 Å². The van der Waals surface area contributed by atoms with Crippen molar-refractivity contribution in [2.45, 2.75) is 6.92 Å². The fraction of sp³-hybridized carbons (Fsp3) is 0.364. The van der Waals surface area contributed by atoms with Crippen LogP contribution in [0.1, 0.15) is 17.3 Å². The van der Waals surface area contributed by atoms with Crippen LogP contribution in [0.2, 0.25) is 0 Å². The highest BCUT2D eigenvalue weighted by Crippen LogP contribution is 2.39. The van der Waals surface area contributed by atoms with Crippen LogP contribution in [0.25, 0.3) is 0 Å². The third-order valence-corrected chi connectivity index (χ3v) is 4.22. The van der Waals surface area contributed by atoms with E-state index in [0.29, 0.717) is 4.47 Å². The van der Waals surface area contributed by atoms with Crippen molar-refractivity contribution in [3.8, 4) is 5.75 Å². The van der Waals surface area contributed by atoms with E-state index < -0.39 is 16.0 Å². The molecule has 19 heavy (non-hydrogen) atoms. The van der Waals surface area contributed by atoms with Gasteiger partial charge in [0, 0.05) is 7.05 Å². The Bertz CT molecular complexity index is 599. The number of sulfonamides is 1. The molecule has 0 aromatic heterocycles. The highest BCUT2D eigenvalue weighted by atomic mass is 79.9. The number of carboxylic acid groups (broad SMARTS) is 1. The molecule has 0 aliphatic carbocycles. The maximum Gasteiger partial charge on any atom is 0.337 e. The van der Waals surface area contributed by atoms with Crippen LogP contribution in [0.15, 0.2) is 16.6 Å². The highest BCUT2D eigenvalue weighted by molar-refractivity contribution is 9.10. The SMILES string of the molecule is CCOc1c(Br)ccc(C(=O)O)c1N(C)S(C)(=O)=O. The smallest absolute Gasteiger partial charge is 0.337 e. The molecule has 0 saturated heterocycles. The summed E-state index contributed by atoms with van der Waals surface area (Å²) in [7, 11) is -2.32. The molecular formula is C11H14BrNO5S. The Hall–Kier alpha value is -1.28. The van der Waals surface area contributed by atoms with Gasteiger partial charge < -0.3 is 9.84 Å². The standard InChI is InChI=1S/C11H14BrNO5S/c1-4-18-10-8(12)6-5-7(11(14)15)9(10)13(2)19(3,16)17/h5-6H,4H2,1-3H3,(H,14,15). The van der Waals surface area contributed by atoms with E-state index in [1.54, 1.807) is 6.92 Å². The second-order valence-electron chi connectivity index (χ2n) is 3.74. The molecule has 1 N–H and O–H groups in total. The van der Waals surface area contributed by atoms with Crippen LogP contribution < -0.4 is 9.04 Å². The average Bonchev–Trinajstić information content (AvgIpc) is 2.29. The minimum atomic E-state index is -3.60. The topological polar surface area (TPSA) is 83.9 Å². The Morgan fingerprint density at radius 3 is 2.47 bits per heavy atom. The van der Waals surface area contributed by atoms with Crippen molar-refractivity contribution in [3.63, 3.8) is 0 Å². The molecule has 1 aromatic rings. The van der Waals surface area contributed by atoms with Crippen molar-refractivity contribution in [1.29, 1.82) is 0 Å². The number of carboxylic acids is 1. The summed E-state index contributed by atoms with van der Waals surface area (Å²) in [6.07, 6.45) is 0.995. The van der Waals surface area contributed by atoms with Crippen molar-refractivity contribution in [1.82, 2.24) is 0 Å².